The van der Waals surface area contributed by atoms with Gasteiger partial charge >= 0.3 is 0 Å². The summed E-state index contributed by atoms with van der Waals surface area (Å²) in [5, 5.41) is 5.95. The highest BCUT2D eigenvalue weighted by atomic mass is 16.5. The number of para-hydroxylation sites is 1. The van der Waals surface area contributed by atoms with Crippen LogP contribution in [-0.2, 0) is 17.7 Å². The van der Waals surface area contributed by atoms with Crippen molar-refractivity contribution in [2.24, 2.45) is 5.73 Å². The summed E-state index contributed by atoms with van der Waals surface area (Å²) in [4.78, 5) is 0. The number of fused-ring (bicyclic) bond motifs is 1. The fourth-order valence-corrected chi connectivity index (χ4v) is 3.11. The van der Waals surface area contributed by atoms with E-state index in [2.05, 4.69) is 42.8 Å². The fourth-order valence-electron chi connectivity index (χ4n) is 3.11. The third-order valence-electron chi connectivity index (χ3n) is 4.48. The molecule has 4 nitrogen and oxygen atoms in total. The highest BCUT2D eigenvalue weighted by Crippen LogP contribution is 2.30. The average molecular weight is 273 g/mol. The molecule has 3 rings (SSSR count). The van der Waals surface area contributed by atoms with Crippen LogP contribution in [-0.4, -0.2) is 28.0 Å². The summed E-state index contributed by atoms with van der Waals surface area (Å²) in [5.41, 5.74) is 8.49. The SMILES string of the molecule is CCn1nc(CC(N)C2(C)CCCO2)c2ccccc21. The van der Waals surface area contributed by atoms with Crippen LogP contribution in [0.4, 0.5) is 0 Å². The normalized spacial score (nSPS) is 24.4. The van der Waals surface area contributed by atoms with Gasteiger partial charge in [0.15, 0.2) is 0 Å². The number of hydrogen-bond donors (Lipinski definition) is 1. The summed E-state index contributed by atoms with van der Waals surface area (Å²) in [6.45, 7) is 5.95. The fraction of sp³-hybridized carbons (Fsp3) is 0.562. The van der Waals surface area contributed by atoms with Gasteiger partial charge in [-0.15, -0.1) is 0 Å². The van der Waals surface area contributed by atoms with Crippen molar-refractivity contribution >= 4 is 10.9 Å². The molecule has 1 aromatic carbocycles. The van der Waals surface area contributed by atoms with E-state index in [1.807, 2.05) is 0 Å². The zero-order valence-corrected chi connectivity index (χ0v) is 12.3. The van der Waals surface area contributed by atoms with Crippen LogP contribution in [0.2, 0.25) is 0 Å². The second kappa shape index (κ2) is 5.19. The molecule has 0 amide bonds. The van der Waals surface area contributed by atoms with Crippen LogP contribution < -0.4 is 5.73 Å². The van der Waals surface area contributed by atoms with Gasteiger partial charge in [0.25, 0.3) is 0 Å². The number of ether oxygens (including phenoxy) is 1. The van der Waals surface area contributed by atoms with E-state index in [1.165, 1.54) is 10.9 Å². The predicted molar refractivity (Wildman–Crippen MR) is 80.7 cm³/mol. The van der Waals surface area contributed by atoms with Gasteiger partial charge in [0.1, 0.15) is 0 Å². The lowest BCUT2D eigenvalue weighted by molar-refractivity contribution is -0.00108. The highest BCUT2D eigenvalue weighted by Gasteiger charge is 2.36. The molecule has 1 aliphatic rings. The zero-order chi connectivity index (χ0) is 14.2. The molecule has 0 aliphatic carbocycles. The highest BCUT2D eigenvalue weighted by molar-refractivity contribution is 5.82. The quantitative estimate of drug-likeness (QED) is 0.931. The Morgan fingerprint density at radius 2 is 2.25 bits per heavy atom. The topological polar surface area (TPSA) is 53.1 Å². The maximum absolute atomic E-state index is 6.41. The number of aromatic nitrogens is 2. The lowest BCUT2D eigenvalue weighted by atomic mass is 9.90. The lowest BCUT2D eigenvalue weighted by Gasteiger charge is -2.30. The van der Waals surface area contributed by atoms with Gasteiger partial charge < -0.3 is 10.5 Å². The molecule has 0 radical (unpaired) electrons. The van der Waals surface area contributed by atoms with E-state index < -0.39 is 0 Å². The number of aryl methyl sites for hydroxylation is 1. The summed E-state index contributed by atoms with van der Waals surface area (Å²) in [7, 11) is 0. The van der Waals surface area contributed by atoms with E-state index in [1.54, 1.807) is 0 Å². The third kappa shape index (κ3) is 2.23. The first-order valence-corrected chi connectivity index (χ1v) is 7.48. The molecule has 1 aliphatic heterocycles. The van der Waals surface area contributed by atoms with Crippen LogP contribution >= 0.6 is 0 Å². The molecule has 2 aromatic rings. The van der Waals surface area contributed by atoms with Crippen LogP contribution in [0.1, 0.15) is 32.4 Å². The minimum atomic E-state index is -0.197. The minimum absolute atomic E-state index is 0.00591. The molecule has 0 spiro atoms. The first-order chi connectivity index (χ1) is 9.64. The number of nitrogens with two attached hydrogens (primary N) is 1. The maximum atomic E-state index is 6.41. The Balaban J connectivity index is 1.91. The van der Waals surface area contributed by atoms with Crippen molar-refractivity contribution in [1.82, 2.24) is 9.78 Å². The van der Waals surface area contributed by atoms with E-state index >= 15 is 0 Å². The third-order valence-corrected chi connectivity index (χ3v) is 4.48. The van der Waals surface area contributed by atoms with Crippen molar-refractivity contribution in [3.63, 3.8) is 0 Å². The van der Waals surface area contributed by atoms with E-state index in [-0.39, 0.29) is 11.6 Å². The van der Waals surface area contributed by atoms with Crippen molar-refractivity contribution < 1.29 is 4.74 Å². The Morgan fingerprint density at radius 1 is 1.45 bits per heavy atom. The molecule has 1 aromatic heterocycles. The summed E-state index contributed by atoms with van der Waals surface area (Å²) in [5.74, 6) is 0. The minimum Gasteiger partial charge on any atom is -0.374 e. The van der Waals surface area contributed by atoms with Gasteiger partial charge in [0, 0.05) is 31.0 Å². The van der Waals surface area contributed by atoms with Crippen LogP contribution in [0.3, 0.4) is 0 Å². The van der Waals surface area contributed by atoms with Gasteiger partial charge in [-0.25, -0.2) is 0 Å². The Hall–Kier alpha value is -1.39. The van der Waals surface area contributed by atoms with Crippen molar-refractivity contribution in [3.8, 4) is 0 Å². The Morgan fingerprint density at radius 3 is 2.95 bits per heavy atom. The van der Waals surface area contributed by atoms with E-state index in [0.717, 1.165) is 38.1 Å². The zero-order valence-electron chi connectivity index (χ0n) is 12.3. The van der Waals surface area contributed by atoms with Gasteiger partial charge in [-0.1, -0.05) is 18.2 Å². The maximum Gasteiger partial charge on any atom is 0.0809 e. The number of rotatable bonds is 4. The van der Waals surface area contributed by atoms with Crippen LogP contribution in [0.15, 0.2) is 24.3 Å². The monoisotopic (exact) mass is 273 g/mol. The molecule has 4 heteroatoms. The molecule has 2 atom stereocenters. The van der Waals surface area contributed by atoms with E-state index in [4.69, 9.17) is 15.6 Å². The van der Waals surface area contributed by atoms with Gasteiger partial charge in [-0.05, 0) is 32.8 Å². The molecule has 2 N–H and O–H groups in total. The van der Waals surface area contributed by atoms with Crippen molar-refractivity contribution in [3.05, 3.63) is 30.0 Å². The summed E-state index contributed by atoms with van der Waals surface area (Å²) >= 11 is 0. The molecule has 108 valence electrons. The number of hydrogen-bond acceptors (Lipinski definition) is 3. The first-order valence-electron chi connectivity index (χ1n) is 7.48. The Kier molecular flexibility index (Phi) is 3.52. The van der Waals surface area contributed by atoms with Gasteiger partial charge in [-0.3, -0.25) is 4.68 Å². The van der Waals surface area contributed by atoms with Gasteiger partial charge in [0.2, 0.25) is 0 Å². The van der Waals surface area contributed by atoms with Crippen molar-refractivity contribution in [1.29, 1.82) is 0 Å². The Bertz CT molecular complexity index is 599. The van der Waals surface area contributed by atoms with Crippen LogP contribution in [0.5, 0.6) is 0 Å². The first kappa shape index (κ1) is 13.6. The van der Waals surface area contributed by atoms with Gasteiger partial charge in [0.05, 0.1) is 16.8 Å². The average Bonchev–Trinajstić information content (AvgIpc) is 3.05. The lowest BCUT2D eigenvalue weighted by Crippen LogP contribution is -2.46. The molecule has 0 bridgehead atoms. The van der Waals surface area contributed by atoms with Crippen LogP contribution in [0.25, 0.3) is 10.9 Å². The summed E-state index contributed by atoms with van der Waals surface area (Å²) < 4.78 is 7.91. The largest absolute Gasteiger partial charge is 0.374 e. The second-order valence-electron chi connectivity index (χ2n) is 5.85. The molecule has 2 heterocycles. The van der Waals surface area contributed by atoms with Gasteiger partial charge in [-0.2, -0.15) is 5.10 Å². The van der Waals surface area contributed by atoms with Crippen molar-refractivity contribution in [2.45, 2.75) is 51.3 Å². The molecule has 2 unspecified atom stereocenters. The number of nitrogens with zero attached hydrogens (tertiary/aromatic N) is 2. The van der Waals surface area contributed by atoms with Crippen molar-refractivity contribution in [2.75, 3.05) is 6.61 Å². The van der Waals surface area contributed by atoms with E-state index in [0.29, 0.717) is 0 Å². The summed E-state index contributed by atoms with van der Waals surface area (Å²) in [6, 6.07) is 8.37. The predicted octanol–water partition coefficient (Wildman–Crippen LogP) is 2.50. The molecule has 20 heavy (non-hydrogen) atoms. The molecule has 1 saturated heterocycles. The molecular weight excluding hydrogens is 250 g/mol. The number of benzene rings is 1. The molecule has 1 fully saturated rings. The molecular formula is C16H23N3O. The Labute approximate surface area is 119 Å². The van der Waals surface area contributed by atoms with E-state index in [9.17, 15) is 0 Å². The smallest absolute Gasteiger partial charge is 0.0809 e. The standard InChI is InChI=1S/C16H23N3O/c1-3-19-14-8-5-4-7-12(14)13(18-19)11-15(17)16(2)9-6-10-20-16/h4-5,7-8,15H,3,6,9-11,17H2,1-2H3. The van der Waals surface area contributed by atoms with Crippen LogP contribution in [0, 0.1) is 0 Å². The second-order valence-corrected chi connectivity index (χ2v) is 5.85. The summed E-state index contributed by atoms with van der Waals surface area (Å²) in [6.07, 6.45) is 2.92. The molecule has 0 saturated carbocycles.